The molecule has 0 spiro atoms. The van der Waals surface area contributed by atoms with Gasteiger partial charge >= 0.3 is 0 Å². The van der Waals surface area contributed by atoms with E-state index in [9.17, 15) is 9.90 Å². The Labute approximate surface area is 153 Å². The zero-order valence-corrected chi connectivity index (χ0v) is 14.8. The van der Waals surface area contributed by atoms with Gasteiger partial charge in [-0.25, -0.2) is 0 Å². The molecule has 1 fully saturated rings. The molecule has 0 radical (unpaired) electrons. The van der Waals surface area contributed by atoms with Crippen LogP contribution in [0.4, 0.5) is 5.69 Å². The summed E-state index contributed by atoms with van der Waals surface area (Å²) in [6.45, 7) is 3.48. The average molecular weight is 355 g/mol. The second-order valence-corrected chi connectivity index (χ2v) is 6.46. The summed E-state index contributed by atoms with van der Waals surface area (Å²) in [5.41, 5.74) is 6.96. The Morgan fingerprint density at radius 3 is 2.38 bits per heavy atom. The molecule has 1 aliphatic heterocycles. The summed E-state index contributed by atoms with van der Waals surface area (Å²) in [6.07, 6.45) is -0.567. The molecular formula is C20H25N3O3. The SMILES string of the molecule is Nc1ccccc1C(=O)N1CCN(CC(O)COc2ccccc2)CC1. The Kier molecular flexibility index (Phi) is 6.09. The number of para-hydroxylation sites is 2. The van der Waals surface area contributed by atoms with Gasteiger partial charge in [-0.3, -0.25) is 9.69 Å². The standard InChI is InChI=1S/C20H25N3O3/c21-19-9-5-4-8-18(19)20(25)23-12-10-22(11-13-23)14-16(24)15-26-17-6-2-1-3-7-17/h1-9,16,24H,10-15,21H2. The molecule has 2 aromatic rings. The van der Waals surface area contributed by atoms with E-state index in [1.807, 2.05) is 47.4 Å². The van der Waals surface area contributed by atoms with E-state index in [0.29, 0.717) is 30.9 Å². The first kappa shape index (κ1) is 18.2. The highest BCUT2D eigenvalue weighted by molar-refractivity contribution is 5.99. The van der Waals surface area contributed by atoms with Crippen molar-refractivity contribution >= 4 is 11.6 Å². The molecule has 1 saturated heterocycles. The monoisotopic (exact) mass is 355 g/mol. The van der Waals surface area contributed by atoms with Crippen LogP contribution in [0.5, 0.6) is 5.75 Å². The largest absolute Gasteiger partial charge is 0.491 e. The number of nitrogens with zero attached hydrogens (tertiary/aromatic N) is 2. The highest BCUT2D eigenvalue weighted by atomic mass is 16.5. The number of carbonyl (C=O) groups excluding carboxylic acids is 1. The van der Waals surface area contributed by atoms with Crippen molar-refractivity contribution in [3.63, 3.8) is 0 Å². The number of benzene rings is 2. The number of rotatable bonds is 6. The van der Waals surface area contributed by atoms with Crippen LogP contribution in [0.25, 0.3) is 0 Å². The summed E-state index contributed by atoms with van der Waals surface area (Å²) in [6, 6.07) is 16.6. The van der Waals surface area contributed by atoms with Gasteiger partial charge in [0.2, 0.25) is 0 Å². The molecule has 1 aliphatic rings. The topological polar surface area (TPSA) is 79.0 Å². The average Bonchev–Trinajstić information content (AvgIpc) is 2.68. The molecule has 3 rings (SSSR count). The van der Waals surface area contributed by atoms with Crippen molar-refractivity contribution in [3.05, 3.63) is 60.2 Å². The van der Waals surface area contributed by atoms with Crippen LogP contribution in [0.1, 0.15) is 10.4 Å². The third-order valence-corrected chi connectivity index (χ3v) is 4.51. The van der Waals surface area contributed by atoms with Gasteiger partial charge in [0.1, 0.15) is 18.5 Å². The molecular weight excluding hydrogens is 330 g/mol. The summed E-state index contributed by atoms with van der Waals surface area (Å²) >= 11 is 0. The van der Waals surface area contributed by atoms with Crippen LogP contribution in [0.15, 0.2) is 54.6 Å². The molecule has 0 aromatic heterocycles. The minimum atomic E-state index is -0.567. The maximum atomic E-state index is 12.6. The molecule has 6 nitrogen and oxygen atoms in total. The van der Waals surface area contributed by atoms with Crippen LogP contribution in [0, 0.1) is 0 Å². The van der Waals surface area contributed by atoms with Crippen molar-refractivity contribution < 1.29 is 14.6 Å². The number of nitrogen functional groups attached to an aromatic ring is 1. The molecule has 0 bridgehead atoms. The lowest BCUT2D eigenvalue weighted by molar-refractivity contribution is 0.0404. The molecule has 138 valence electrons. The van der Waals surface area contributed by atoms with E-state index in [1.165, 1.54) is 0 Å². The predicted molar refractivity (Wildman–Crippen MR) is 101 cm³/mol. The van der Waals surface area contributed by atoms with E-state index in [0.717, 1.165) is 18.8 Å². The maximum absolute atomic E-state index is 12.6. The number of hydrogen-bond acceptors (Lipinski definition) is 5. The third-order valence-electron chi connectivity index (χ3n) is 4.51. The summed E-state index contributed by atoms with van der Waals surface area (Å²) in [5.74, 6) is 0.720. The van der Waals surface area contributed by atoms with E-state index in [2.05, 4.69) is 4.90 Å². The Balaban J connectivity index is 1.43. The number of carbonyl (C=O) groups is 1. The normalized spacial score (nSPS) is 16.3. The summed E-state index contributed by atoms with van der Waals surface area (Å²) in [7, 11) is 0. The Bertz CT molecular complexity index is 715. The Morgan fingerprint density at radius 1 is 1.04 bits per heavy atom. The fourth-order valence-corrected chi connectivity index (χ4v) is 3.06. The highest BCUT2D eigenvalue weighted by Gasteiger charge is 2.24. The lowest BCUT2D eigenvalue weighted by Crippen LogP contribution is -2.51. The number of anilines is 1. The van der Waals surface area contributed by atoms with Crippen LogP contribution in [-0.2, 0) is 0 Å². The number of aliphatic hydroxyl groups is 1. The third kappa shape index (κ3) is 4.74. The summed E-state index contributed by atoms with van der Waals surface area (Å²) < 4.78 is 5.58. The van der Waals surface area contributed by atoms with Gasteiger partial charge < -0.3 is 20.5 Å². The molecule has 1 amide bonds. The van der Waals surface area contributed by atoms with Gasteiger partial charge in [-0.15, -0.1) is 0 Å². The zero-order chi connectivity index (χ0) is 18.4. The first-order chi connectivity index (χ1) is 12.6. The van der Waals surface area contributed by atoms with Crippen molar-refractivity contribution in [1.82, 2.24) is 9.80 Å². The van der Waals surface area contributed by atoms with E-state index in [-0.39, 0.29) is 12.5 Å². The van der Waals surface area contributed by atoms with E-state index < -0.39 is 6.10 Å². The van der Waals surface area contributed by atoms with Gasteiger partial charge in [0.15, 0.2) is 0 Å². The summed E-state index contributed by atoms with van der Waals surface area (Å²) in [5, 5.41) is 10.2. The number of piperazine rings is 1. The van der Waals surface area contributed by atoms with Gasteiger partial charge in [0.25, 0.3) is 5.91 Å². The molecule has 1 atom stereocenters. The van der Waals surface area contributed by atoms with Crippen LogP contribution >= 0.6 is 0 Å². The first-order valence-electron chi connectivity index (χ1n) is 8.85. The molecule has 2 aromatic carbocycles. The quantitative estimate of drug-likeness (QED) is 0.767. The van der Waals surface area contributed by atoms with Gasteiger partial charge in [-0.05, 0) is 24.3 Å². The molecule has 0 aliphatic carbocycles. The second-order valence-electron chi connectivity index (χ2n) is 6.46. The van der Waals surface area contributed by atoms with Crippen molar-refractivity contribution in [2.24, 2.45) is 0 Å². The lowest BCUT2D eigenvalue weighted by atomic mass is 10.1. The fraction of sp³-hybridized carbons (Fsp3) is 0.350. The number of β-amino-alcohol motifs (C(OH)–C–C–N with tert-alkyl or cyclic N) is 1. The van der Waals surface area contributed by atoms with Gasteiger partial charge in [0, 0.05) is 38.4 Å². The minimum absolute atomic E-state index is 0.0318. The molecule has 3 N–H and O–H groups in total. The molecule has 26 heavy (non-hydrogen) atoms. The van der Waals surface area contributed by atoms with Crippen LogP contribution < -0.4 is 10.5 Å². The van der Waals surface area contributed by atoms with Crippen molar-refractivity contribution in [2.45, 2.75) is 6.10 Å². The Hall–Kier alpha value is -2.57. The van der Waals surface area contributed by atoms with E-state index in [4.69, 9.17) is 10.5 Å². The zero-order valence-electron chi connectivity index (χ0n) is 14.8. The van der Waals surface area contributed by atoms with Crippen molar-refractivity contribution in [2.75, 3.05) is 45.1 Å². The van der Waals surface area contributed by atoms with Gasteiger partial charge in [-0.2, -0.15) is 0 Å². The number of hydrogen-bond donors (Lipinski definition) is 2. The second kappa shape index (κ2) is 8.69. The maximum Gasteiger partial charge on any atom is 0.256 e. The number of nitrogens with two attached hydrogens (primary N) is 1. The predicted octanol–water partition coefficient (Wildman–Crippen LogP) is 1.47. The minimum Gasteiger partial charge on any atom is -0.491 e. The number of aliphatic hydroxyl groups excluding tert-OH is 1. The molecule has 0 saturated carbocycles. The van der Waals surface area contributed by atoms with Crippen LogP contribution in [0.3, 0.4) is 0 Å². The highest BCUT2D eigenvalue weighted by Crippen LogP contribution is 2.15. The first-order valence-corrected chi connectivity index (χ1v) is 8.85. The Morgan fingerprint density at radius 2 is 1.69 bits per heavy atom. The fourth-order valence-electron chi connectivity index (χ4n) is 3.06. The molecule has 1 heterocycles. The van der Waals surface area contributed by atoms with E-state index >= 15 is 0 Å². The smallest absolute Gasteiger partial charge is 0.256 e. The molecule has 6 heteroatoms. The summed E-state index contributed by atoms with van der Waals surface area (Å²) in [4.78, 5) is 16.5. The number of amides is 1. The van der Waals surface area contributed by atoms with Crippen LogP contribution in [0.2, 0.25) is 0 Å². The molecule has 1 unspecified atom stereocenters. The number of ether oxygens (including phenoxy) is 1. The van der Waals surface area contributed by atoms with Crippen molar-refractivity contribution in [3.8, 4) is 5.75 Å². The van der Waals surface area contributed by atoms with Gasteiger partial charge in [0.05, 0.1) is 5.56 Å². The lowest BCUT2D eigenvalue weighted by Gasteiger charge is -2.35. The van der Waals surface area contributed by atoms with Crippen molar-refractivity contribution in [1.29, 1.82) is 0 Å². The van der Waals surface area contributed by atoms with Crippen LogP contribution in [-0.4, -0.2) is 66.2 Å². The van der Waals surface area contributed by atoms with Gasteiger partial charge in [-0.1, -0.05) is 30.3 Å². The van der Waals surface area contributed by atoms with E-state index in [1.54, 1.807) is 12.1 Å².